The van der Waals surface area contributed by atoms with E-state index < -0.39 is 4.92 Å². The molecule has 0 bridgehead atoms. The number of aromatic nitrogens is 1. The van der Waals surface area contributed by atoms with Crippen molar-refractivity contribution in [3.8, 4) is 0 Å². The summed E-state index contributed by atoms with van der Waals surface area (Å²) in [5.41, 5.74) is 3.43. The summed E-state index contributed by atoms with van der Waals surface area (Å²) < 4.78 is 0. The van der Waals surface area contributed by atoms with Crippen molar-refractivity contribution in [2.45, 2.75) is 19.9 Å². The fourth-order valence-corrected chi connectivity index (χ4v) is 2.89. The van der Waals surface area contributed by atoms with Gasteiger partial charge in [0, 0.05) is 42.3 Å². The number of aliphatic imine (C=N–C) groups is 1. The first-order valence-corrected chi connectivity index (χ1v) is 8.98. The molecule has 28 heavy (non-hydrogen) atoms. The number of nitro groups is 1. The lowest BCUT2D eigenvalue weighted by Gasteiger charge is -2.11. The van der Waals surface area contributed by atoms with Gasteiger partial charge in [-0.25, -0.2) is 4.99 Å². The monoisotopic (exact) mass is 493 g/mol. The van der Waals surface area contributed by atoms with Crippen molar-refractivity contribution in [3.63, 3.8) is 0 Å². The third-order valence-electron chi connectivity index (χ3n) is 4.27. The van der Waals surface area contributed by atoms with E-state index in [9.17, 15) is 10.1 Å². The summed E-state index contributed by atoms with van der Waals surface area (Å²) in [4.78, 5) is 18.2. The number of fused-ring (bicyclic) bond motifs is 1. The van der Waals surface area contributed by atoms with Crippen LogP contribution in [0.15, 0.2) is 59.7 Å². The normalized spacial score (nSPS) is 11.1. The third-order valence-corrected chi connectivity index (χ3v) is 4.27. The van der Waals surface area contributed by atoms with Crippen molar-refractivity contribution in [1.29, 1.82) is 0 Å². The zero-order valence-corrected chi connectivity index (χ0v) is 18.0. The molecule has 8 heteroatoms. The lowest BCUT2D eigenvalue weighted by atomic mass is 10.1. The van der Waals surface area contributed by atoms with E-state index in [0.29, 0.717) is 6.54 Å². The summed E-state index contributed by atoms with van der Waals surface area (Å²) in [6.07, 6.45) is 2.93. The van der Waals surface area contributed by atoms with Crippen LogP contribution in [0.2, 0.25) is 0 Å². The van der Waals surface area contributed by atoms with Crippen LogP contribution < -0.4 is 10.6 Å². The Labute approximate surface area is 180 Å². The Balaban J connectivity index is 0.00000280. The highest BCUT2D eigenvalue weighted by Gasteiger charge is 2.05. The summed E-state index contributed by atoms with van der Waals surface area (Å²) in [5, 5.41) is 18.5. The second kappa shape index (κ2) is 10.6. The first-order valence-electron chi connectivity index (χ1n) is 8.98. The molecule has 0 radical (unpaired) electrons. The maximum absolute atomic E-state index is 10.7. The summed E-state index contributed by atoms with van der Waals surface area (Å²) in [6.45, 7) is 4.00. The van der Waals surface area contributed by atoms with Gasteiger partial charge >= 0.3 is 0 Å². The number of H-pyrrole nitrogens is 1. The predicted octanol–water partition coefficient (Wildman–Crippen LogP) is 3.99. The van der Waals surface area contributed by atoms with Crippen molar-refractivity contribution in [2.75, 3.05) is 13.1 Å². The number of benzene rings is 2. The van der Waals surface area contributed by atoms with Gasteiger partial charge in [-0.2, -0.15) is 0 Å². The van der Waals surface area contributed by atoms with E-state index in [1.54, 1.807) is 12.1 Å². The largest absolute Gasteiger partial charge is 0.361 e. The first kappa shape index (κ1) is 21.7. The van der Waals surface area contributed by atoms with E-state index in [2.05, 4.69) is 32.7 Å². The van der Waals surface area contributed by atoms with Gasteiger partial charge in [0.1, 0.15) is 0 Å². The van der Waals surface area contributed by atoms with Gasteiger partial charge in [0.2, 0.25) is 0 Å². The molecule has 0 spiro atoms. The molecule has 3 aromatic rings. The number of nitrogens with one attached hydrogen (secondary N) is 3. The second-order valence-corrected chi connectivity index (χ2v) is 6.15. The van der Waals surface area contributed by atoms with Crippen LogP contribution in [0.1, 0.15) is 18.1 Å². The average Bonchev–Trinajstić information content (AvgIpc) is 3.09. The van der Waals surface area contributed by atoms with Gasteiger partial charge in [-0.3, -0.25) is 10.1 Å². The molecule has 0 unspecified atom stereocenters. The van der Waals surface area contributed by atoms with Gasteiger partial charge < -0.3 is 15.6 Å². The van der Waals surface area contributed by atoms with Gasteiger partial charge in [0.05, 0.1) is 11.5 Å². The Morgan fingerprint density at radius 1 is 1.14 bits per heavy atom. The minimum absolute atomic E-state index is 0. The average molecular weight is 493 g/mol. The molecule has 0 atom stereocenters. The quantitative estimate of drug-likeness (QED) is 0.153. The molecule has 3 rings (SSSR count). The minimum Gasteiger partial charge on any atom is -0.361 e. The van der Waals surface area contributed by atoms with Gasteiger partial charge in [-0.05, 0) is 30.5 Å². The van der Waals surface area contributed by atoms with Gasteiger partial charge in [-0.15, -0.1) is 24.0 Å². The highest BCUT2D eigenvalue weighted by molar-refractivity contribution is 14.0. The Hall–Kier alpha value is -2.62. The highest BCUT2D eigenvalue weighted by Crippen LogP contribution is 2.17. The molecular weight excluding hydrogens is 469 g/mol. The zero-order chi connectivity index (χ0) is 19.1. The predicted molar refractivity (Wildman–Crippen MR) is 123 cm³/mol. The molecule has 0 aliphatic heterocycles. The molecule has 2 aromatic carbocycles. The molecule has 148 valence electrons. The van der Waals surface area contributed by atoms with Gasteiger partial charge in [0.25, 0.3) is 5.69 Å². The van der Waals surface area contributed by atoms with Crippen LogP contribution in [-0.4, -0.2) is 29.0 Å². The Morgan fingerprint density at radius 2 is 1.89 bits per heavy atom. The van der Waals surface area contributed by atoms with Crippen LogP contribution >= 0.6 is 24.0 Å². The lowest BCUT2D eigenvalue weighted by Crippen LogP contribution is -2.38. The maximum Gasteiger partial charge on any atom is 0.269 e. The lowest BCUT2D eigenvalue weighted by molar-refractivity contribution is -0.384. The molecule has 3 N–H and O–H groups in total. The van der Waals surface area contributed by atoms with Gasteiger partial charge in [-0.1, -0.05) is 30.3 Å². The molecular formula is C20H24IN5O2. The van der Waals surface area contributed by atoms with E-state index in [1.165, 1.54) is 23.1 Å². The number of halogens is 1. The fraction of sp³-hybridized carbons (Fsp3) is 0.250. The fourth-order valence-electron chi connectivity index (χ4n) is 2.89. The molecule has 0 fully saturated rings. The van der Waals surface area contributed by atoms with E-state index in [-0.39, 0.29) is 29.7 Å². The maximum atomic E-state index is 10.7. The molecule has 0 saturated heterocycles. The van der Waals surface area contributed by atoms with E-state index in [4.69, 9.17) is 0 Å². The highest BCUT2D eigenvalue weighted by atomic mass is 127. The molecule has 0 saturated carbocycles. The van der Waals surface area contributed by atoms with Crippen LogP contribution in [0, 0.1) is 10.1 Å². The number of non-ortho nitro benzene ring substituents is 1. The SMILES string of the molecule is CCNC(=NCc1ccc([N+](=O)[O-])cc1)NCCc1c[nH]c2ccccc12.I. The standard InChI is InChI=1S/C20H23N5O2.HI/c1-2-21-20(24-13-15-7-9-17(10-8-15)25(26)27)22-12-11-16-14-23-19-6-4-3-5-18(16)19;/h3-10,14,23H,2,11-13H2,1H3,(H2,21,22,24);1H. The second-order valence-electron chi connectivity index (χ2n) is 6.15. The van der Waals surface area contributed by atoms with Crippen LogP contribution in [0.25, 0.3) is 10.9 Å². The molecule has 1 aromatic heterocycles. The minimum atomic E-state index is -0.399. The summed E-state index contributed by atoms with van der Waals surface area (Å²) in [7, 11) is 0. The number of para-hydroxylation sites is 1. The number of aromatic amines is 1. The number of nitrogens with zero attached hydrogens (tertiary/aromatic N) is 2. The molecule has 0 aliphatic carbocycles. The van der Waals surface area contributed by atoms with Crippen molar-refractivity contribution in [1.82, 2.24) is 15.6 Å². The van der Waals surface area contributed by atoms with Crippen LogP contribution in [0.3, 0.4) is 0 Å². The van der Waals surface area contributed by atoms with Crippen molar-refractivity contribution in [3.05, 3.63) is 76.0 Å². The first-order chi connectivity index (χ1) is 13.2. The van der Waals surface area contributed by atoms with E-state index in [1.807, 2.05) is 25.3 Å². The number of nitro benzene ring substituents is 1. The van der Waals surface area contributed by atoms with Gasteiger partial charge in [0.15, 0.2) is 5.96 Å². The van der Waals surface area contributed by atoms with Crippen LogP contribution in [0.5, 0.6) is 0 Å². The molecule has 0 aliphatic rings. The Morgan fingerprint density at radius 3 is 2.61 bits per heavy atom. The summed E-state index contributed by atoms with van der Waals surface area (Å²) in [5.74, 6) is 0.732. The topological polar surface area (TPSA) is 95.3 Å². The summed E-state index contributed by atoms with van der Waals surface area (Å²) in [6, 6.07) is 14.7. The van der Waals surface area contributed by atoms with E-state index in [0.717, 1.165) is 36.6 Å². The number of hydrogen-bond acceptors (Lipinski definition) is 3. The zero-order valence-electron chi connectivity index (χ0n) is 15.6. The van der Waals surface area contributed by atoms with Crippen LogP contribution in [-0.2, 0) is 13.0 Å². The van der Waals surface area contributed by atoms with Crippen LogP contribution in [0.4, 0.5) is 5.69 Å². The molecule has 0 amide bonds. The number of guanidine groups is 1. The van der Waals surface area contributed by atoms with Crippen molar-refractivity contribution >= 4 is 46.5 Å². The number of rotatable bonds is 7. The summed E-state index contributed by atoms with van der Waals surface area (Å²) >= 11 is 0. The Bertz CT molecular complexity index is 937. The number of hydrogen-bond donors (Lipinski definition) is 3. The third kappa shape index (κ3) is 5.69. The Kier molecular flexibility index (Phi) is 8.24. The van der Waals surface area contributed by atoms with E-state index >= 15 is 0 Å². The smallest absolute Gasteiger partial charge is 0.269 e. The molecule has 1 heterocycles. The van der Waals surface area contributed by atoms with Crippen molar-refractivity contribution < 1.29 is 4.92 Å². The van der Waals surface area contributed by atoms with Crippen molar-refractivity contribution in [2.24, 2.45) is 4.99 Å². The molecule has 7 nitrogen and oxygen atoms in total.